The van der Waals surface area contributed by atoms with Gasteiger partial charge in [-0.15, -0.1) is 0 Å². The van der Waals surface area contributed by atoms with E-state index in [1.165, 1.54) is 12.4 Å². The Bertz CT molecular complexity index is 252. The molecule has 0 saturated heterocycles. The van der Waals surface area contributed by atoms with Gasteiger partial charge in [-0.3, -0.25) is 4.98 Å². The maximum Gasteiger partial charge on any atom is 0.272 e. The molecule has 4 nitrogen and oxygen atoms in total. The Kier molecular flexibility index (Phi) is 3.51. The molecule has 1 heterocycles. The first-order chi connectivity index (χ1) is 6.22. The van der Waals surface area contributed by atoms with E-state index < -0.39 is 13.0 Å². The summed E-state index contributed by atoms with van der Waals surface area (Å²) >= 11 is 0. The van der Waals surface area contributed by atoms with Crippen LogP contribution in [0, 0.1) is 0 Å². The van der Waals surface area contributed by atoms with Crippen LogP contribution >= 0.6 is 0 Å². The summed E-state index contributed by atoms with van der Waals surface area (Å²) in [7, 11) is 0. The molecule has 2 N–H and O–H groups in total. The van der Waals surface area contributed by atoms with Crippen molar-refractivity contribution >= 4 is 0 Å². The molecular formula is C7H9F2N3O. The molecule has 1 rings (SSSR count). The molecule has 6 heteroatoms. The Morgan fingerprint density at radius 2 is 2.15 bits per heavy atom. The number of aromatic nitrogens is 2. The third-order valence-electron chi connectivity index (χ3n) is 1.25. The third-order valence-corrected chi connectivity index (χ3v) is 1.25. The second-order valence-corrected chi connectivity index (χ2v) is 2.25. The first-order valence-corrected chi connectivity index (χ1v) is 3.64. The molecule has 0 aliphatic carbocycles. The molecule has 13 heavy (non-hydrogen) atoms. The molecule has 0 aromatic carbocycles. The van der Waals surface area contributed by atoms with E-state index in [2.05, 4.69) is 14.7 Å². The SMILES string of the molecule is NCc1cnc(OCC(F)F)cn1. The molecule has 0 atom stereocenters. The van der Waals surface area contributed by atoms with Crippen molar-refractivity contribution in [2.75, 3.05) is 6.61 Å². The lowest BCUT2D eigenvalue weighted by Gasteiger charge is -2.03. The summed E-state index contributed by atoms with van der Waals surface area (Å²) < 4.78 is 27.9. The average Bonchev–Trinajstić information content (AvgIpc) is 2.15. The topological polar surface area (TPSA) is 61.0 Å². The van der Waals surface area contributed by atoms with E-state index in [4.69, 9.17) is 5.73 Å². The lowest BCUT2D eigenvalue weighted by atomic mass is 10.5. The Hall–Kier alpha value is -1.30. The van der Waals surface area contributed by atoms with Gasteiger partial charge in [0.25, 0.3) is 6.43 Å². The van der Waals surface area contributed by atoms with Crippen LogP contribution in [-0.2, 0) is 6.54 Å². The van der Waals surface area contributed by atoms with Gasteiger partial charge in [0.15, 0.2) is 6.61 Å². The van der Waals surface area contributed by atoms with E-state index in [0.717, 1.165) is 0 Å². The van der Waals surface area contributed by atoms with Gasteiger partial charge in [0, 0.05) is 6.54 Å². The van der Waals surface area contributed by atoms with Crippen molar-refractivity contribution in [3.05, 3.63) is 18.1 Å². The lowest BCUT2D eigenvalue weighted by molar-refractivity contribution is 0.0793. The van der Waals surface area contributed by atoms with Crippen LogP contribution in [0.2, 0.25) is 0 Å². The molecule has 1 aromatic heterocycles. The molecule has 0 spiro atoms. The fraction of sp³-hybridized carbons (Fsp3) is 0.429. The van der Waals surface area contributed by atoms with Crippen molar-refractivity contribution in [3.8, 4) is 5.88 Å². The predicted molar refractivity (Wildman–Crippen MR) is 41.4 cm³/mol. The van der Waals surface area contributed by atoms with Gasteiger partial charge in [0.1, 0.15) is 0 Å². The number of nitrogens with zero attached hydrogens (tertiary/aromatic N) is 2. The van der Waals surface area contributed by atoms with Crippen molar-refractivity contribution in [2.24, 2.45) is 5.73 Å². The number of rotatable bonds is 4. The van der Waals surface area contributed by atoms with Crippen LogP contribution < -0.4 is 10.5 Å². The predicted octanol–water partition coefficient (Wildman–Crippen LogP) is 0.579. The highest BCUT2D eigenvalue weighted by atomic mass is 19.3. The highest BCUT2D eigenvalue weighted by molar-refractivity contribution is 5.06. The molecule has 0 aliphatic rings. The van der Waals surface area contributed by atoms with Crippen molar-refractivity contribution in [2.45, 2.75) is 13.0 Å². The lowest BCUT2D eigenvalue weighted by Crippen LogP contribution is -2.09. The van der Waals surface area contributed by atoms with Crippen LogP contribution in [0.1, 0.15) is 5.69 Å². The van der Waals surface area contributed by atoms with Gasteiger partial charge in [-0.25, -0.2) is 13.8 Å². The molecule has 1 aromatic rings. The zero-order valence-electron chi connectivity index (χ0n) is 6.78. The fourth-order valence-electron chi connectivity index (χ4n) is 0.671. The van der Waals surface area contributed by atoms with Crippen LogP contribution in [0.3, 0.4) is 0 Å². The first kappa shape index (κ1) is 9.79. The Balaban J connectivity index is 2.49. The van der Waals surface area contributed by atoms with E-state index in [0.29, 0.717) is 5.69 Å². The summed E-state index contributed by atoms with van der Waals surface area (Å²) in [6, 6.07) is 0. The van der Waals surface area contributed by atoms with E-state index in [1.807, 2.05) is 0 Å². The molecule has 0 bridgehead atoms. The van der Waals surface area contributed by atoms with Gasteiger partial charge >= 0.3 is 0 Å². The summed E-state index contributed by atoms with van der Waals surface area (Å²) in [6.45, 7) is -0.404. The number of alkyl halides is 2. The van der Waals surface area contributed by atoms with Gasteiger partial charge < -0.3 is 10.5 Å². The summed E-state index contributed by atoms with van der Waals surface area (Å²) in [5.74, 6) is 0.0810. The van der Waals surface area contributed by atoms with Gasteiger partial charge in [0.05, 0.1) is 18.1 Å². The number of hydrogen-bond donors (Lipinski definition) is 1. The minimum absolute atomic E-state index is 0.0810. The van der Waals surface area contributed by atoms with Gasteiger partial charge in [-0.2, -0.15) is 0 Å². The Morgan fingerprint density at radius 1 is 1.38 bits per heavy atom. The van der Waals surface area contributed by atoms with Crippen LogP contribution in [0.15, 0.2) is 12.4 Å². The largest absolute Gasteiger partial charge is 0.470 e. The van der Waals surface area contributed by atoms with E-state index >= 15 is 0 Å². The highest BCUT2D eigenvalue weighted by Crippen LogP contribution is 2.05. The van der Waals surface area contributed by atoms with Gasteiger partial charge in [0.2, 0.25) is 5.88 Å². The molecule has 0 aliphatic heterocycles. The quantitative estimate of drug-likeness (QED) is 0.752. The molecule has 0 saturated carbocycles. The summed E-state index contributed by atoms with van der Waals surface area (Å²) in [5.41, 5.74) is 5.85. The maximum atomic E-state index is 11.7. The number of nitrogens with two attached hydrogens (primary N) is 1. The average molecular weight is 189 g/mol. The van der Waals surface area contributed by atoms with E-state index in [1.54, 1.807) is 0 Å². The standard InChI is InChI=1S/C7H9F2N3O/c8-6(9)4-13-7-3-11-5(1-10)2-12-7/h2-3,6H,1,4,10H2. The summed E-state index contributed by atoms with van der Waals surface area (Å²) in [5, 5.41) is 0. The van der Waals surface area contributed by atoms with Crippen molar-refractivity contribution in [3.63, 3.8) is 0 Å². The Labute approximate surface area is 73.8 Å². The monoisotopic (exact) mass is 189 g/mol. The molecule has 0 amide bonds. The Morgan fingerprint density at radius 3 is 2.62 bits per heavy atom. The zero-order valence-corrected chi connectivity index (χ0v) is 6.78. The number of ether oxygens (including phenoxy) is 1. The molecule has 0 unspecified atom stereocenters. The highest BCUT2D eigenvalue weighted by Gasteiger charge is 2.04. The van der Waals surface area contributed by atoms with Crippen LogP contribution in [0.5, 0.6) is 5.88 Å². The second-order valence-electron chi connectivity index (χ2n) is 2.25. The summed E-state index contributed by atoms with van der Waals surface area (Å²) in [4.78, 5) is 7.54. The third kappa shape index (κ3) is 3.29. The second kappa shape index (κ2) is 4.66. The van der Waals surface area contributed by atoms with Gasteiger partial charge in [-0.05, 0) is 0 Å². The molecule has 72 valence electrons. The molecular weight excluding hydrogens is 180 g/mol. The minimum Gasteiger partial charge on any atom is -0.470 e. The van der Waals surface area contributed by atoms with Crippen molar-refractivity contribution < 1.29 is 13.5 Å². The van der Waals surface area contributed by atoms with Crippen molar-refractivity contribution in [1.29, 1.82) is 0 Å². The maximum absolute atomic E-state index is 11.7. The summed E-state index contributed by atoms with van der Waals surface area (Å²) in [6.07, 6.45) is 0.154. The first-order valence-electron chi connectivity index (χ1n) is 3.64. The zero-order chi connectivity index (χ0) is 9.68. The van der Waals surface area contributed by atoms with Gasteiger partial charge in [-0.1, -0.05) is 0 Å². The van der Waals surface area contributed by atoms with Crippen molar-refractivity contribution in [1.82, 2.24) is 9.97 Å². The molecule has 0 fully saturated rings. The number of halogens is 2. The number of hydrogen-bond acceptors (Lipinski definition) is 4. The van der Waals surface area contributed by atoms with E-state index in [9.17, 15) is 8.78 Å². The van der Waals surface area contributed by atoms with Crippen LogP contribution in [-0.4, -0.2) is 23.0 Å². The van der Waals surface area contributed by atoms with E-state index in [-0.39, 0.29) is 12.4 Å². The molecule has 0 radical (unpaired) electrons. The minimum atomic E-state index is -2.50. The van der Waals surface area contributed by atoms with Crippen LogP contribution in [0.25, 0.3) is 0 Å². The smallest absolute Gasteiger partial charge is 0.272 e. The van der Waals surface area contributed by atoms with Crippen LogP contribution in [0.4, 0.5) is 8.78 Å². The normalized spacial score (nSPS) is 10.5. The fourth-order valence-corrected chi connectivity index (χ4v) is 0.671.